The maximum Gasteiger partial charge on any atom is 0.0715 e. The van der Waals surface area contributed by atoms with Crippen LogP contribution in [0, 0.1) is 0 Å². The fraction of sp³-hybridized carbons (Fsp3) is 0.400. The molecule has 0 saturated carbocycles. The van der Waals surface area contributed by atoms with Crippen LogP contribution < -0.4 is 10.6 Å². The summed E-state index contributed by atoms with van der Waals surface area (Å²) in [5.41, 5.74) is 4.74. The summed E-state index contributed by atoms with van der Waals surface area (Å²) in [6.07, 6.45) is 0. The number of fused-ring (bicyclic) bond motifs is 1. The van der Waals surface area contributed by atoms with E-state index in [1.165, 1.54) is 21.9 Å². The van der Waals surface area contributed by atoms with Crippen LogP contribution in [0.5, 0.6) is 0 Å². The van der Waals surface area contributed by atoms with Gasteiger partial charge in [-0.15, -0.1) is 0 Å². The Morgan fingerprint density at radius 3 is 2.11 bits per heavy atom. The van der Waals surface area contributed by atoms with E-state index in [0.717, 1.165) is 24.5 Å². The molecule has 3 aromatic rings. The smallest absolute Gasteiger partial charge is 0.0715 e. The summed E-state index contributed by atoms with van der Waals surface area (Å²) in [5, 5.41) is 9.67. The van der Waals surface area contributed by atoms with Crippen LogP contribution in [0.2, 0.25) is 0 Å². The lowest BCUT2D eigenvalue weighted by atomic mass is 9.95. The summed E-state index contributed by atoms with van der Waals surface area (Å²) in [6, 6.07) is 19.4. The van der Waals surface area contributed by atoms with Crippen LogP contribution in [0.3, 0.4) is 0 Å². The zero-order valence-corrected chi connectivity index (χ0v) is 18.1. The third-order valence-corrected chi connectivity index (χ3v) is 4.69. The van der Waals surface area contributed by atoms with Crippen molar-refractivity contribution in [1.82, 2.24) is 15.6 Å². The zero-order valence-electron chi connectivity index (χ0n) is 18.1. The lowest BCUT2D eigenvalue weighted by molar-refractivity contribution is 0.421. The molecule has 0 amide bonds. The molecule has 0 atom stereocenters. The number of aromatic nitrogens is 1. The average Bonchev–Trinajstić information content (AvgIpc) is 2.63. The molecule has 1 aromatic heterocycles. The SMILES string of the molecule is CC(C)(C)NCc1cccc(-c2c(CNC(C)(C)C)ccc3ccccc23)n1. The van der Waals surface area contributed by atoms with Crippen LogP contribution in [0.4, 0.5) is 0 Å². The van der Waals surface area contributed by atoms with Crippen LogP contribution in [0.15, 0.2) is 54.6 Å². The summed E-state index contributed by atoms with van der Waals surface area (Å²) < 4.78 is 0. The number of hydrogen-bond acceptors (Lipinski definition) is 3. The number of nitrogens with one attached hydrogen (secondary N) is 2. The highest BCUT2D eigenvalue weighted by Crippen LogP contribution is 2.31. The highest BCUT2D eigenvalue weighted by Gasteiger charge is 2.15. The predicted octanol–water partition coefficient (Wildman–Crippen LogP) is 5.68. The van der Waals surface area contributed by atoms with Crippen molar-refractivity contribution in [3.05, 3.63) is 65.9 Å². The minimum absolute atomic E-state index is 0.0643. The second-order valence-electron chi connectivity index (χ2n) is 9.54. The Morgan fingerprint density at radius 1 is 0.714 bits per heavy atom. The van der Waals surface area contributed by atoms with Gasteiger partial charge >= 0.3 is 0 Å². The largest absolute Gasteiger partial charge is 0.308 e. The van der Waals surface area contributed by atoms with E-state index in [0.29, 0.717) is 0 Å². The first-order valence-corrected chi connectivity index (χ1v) is 10.1. The van der Waals surface area contributed by atoms with Crippen molar-refractivity contribution >= 4 is 10.8 Å². The maximum absolute atomic E-state index is 5.01. The third kappa shape index (κ3) is 5.40. The molecule has 0 fully saturated rings. The van der Waals surface area contributed by atoms with Gasteiger partial charge in [-0.25, -0.2) is 0 Å². The van der Waals surface area contributed by atoms with E-state index in [4.69, 9.17) is 4.98 Å². The highest BCUT2D eigenvalue weighted by molar-refractivity contribution is 5.97. The van der Waals surface area contributed by atoms with Gasteiger partial charge in [0.1, 0.15) is 0 Å². The molecule has 0 bridgehead atoms. The van der Waals surface area contributed by atoms with Crippen molar-refractivity contribution < 1.29 is 0 Å². The minimum atomic E-state index is 0.0643. The van der Waals surface area contributed by atoms with Gasteiger partial charge in [0.25, 0.3) is 0 Å². The third-order valence-electron chi connectivity index (χ3n) is 4.69. The molecule has 0 radical (unpaired) electrons. The van der Waals surface area contributed by atoms with E-state index in [9.17, 15) is 0 Å². The molecular formula is C25H33N3. The summed E-state index contributed by atoms with van der Waals surface area (Å²) in [4.78, 5) is 5.01. The average molecular weight is 376 g/mol. The molecule has 0 unspecified atom stereocenters. The van der Waals surface area contributed by atoms with Gasteiger partial charge in [-0.2, -0.15) is 0 Å². The van der Waals surface area contributed by atoms with Crippen molar-refractivity contribution in [2.45, 2.75) is 65.7 Å². The summed E-state index contributed by atoms with van der Waals surface area (Å²) in [5.74, 6) is 0. The van der Waals surface area contributed by atoms with Gasteiger partial charge in [-0.1, -0.05) is 42.5 Å². The van der Waals surface area contributed by atoms with Crippen LogP contribution in [-0.4, -0.2) is 16.1 Å². The lowest BCUT2D eigenvalue weighted by Crippen LogP contribution is -2.35. The Kier molecular flexibility index (Phi) is 5.87. The van der Waals surface area contributed by atoms with Crippen molar-refractivity contribution in [2.24, 2.45) is 0 Å². The minimum Gasteiger partial charge on any atom is -0.308 e. The van der Waals surface area contributed by atoms with Gasteiger partial charge in [0, 0.05) is 29.7 Å². The van der Waals surface area contributed by atoms with Crippen molar-refractivity contribution in [1.29, 1.82) is 0 Å². The number of pyridine rings is 1. The fourth-order valence-corrected chi connectivity index (χ4v) is 3.20. The van der Waals surface area contributed by atoms with E-state index < -0.39 is 0 Å². The molecule has 0 aliphatic heterocycles. The highest BCUT2D eigenvalue weighted by atomic mass is 15.0. The van der Waals surface area contributed by atoms with E-state index in [1.54, 1.807) is 0 Å². The van der Waals surface area contributed by atoms with Crippen molar-refractivity contribution in [3.63, 3.8) is 0 Å². The Bertz CT molecular complexity index is 946. The van der Waals surface area contributed by atoms with Crippen LogP contribution in [-0.2, 0) is 13.1 Å². The number of rotatable bonds is 5. The van der Waals surface area contributed by atoms with Crippen LogP contribution in [0.25, 0.3) is 22.0 Å². The molecule has 3 rings (SSSR count). The first kappa shape index (κ1) is 20.5. The van der Waals surface area contributed by atoms with Crippen LogP contribution >= 0.6 is 0 Å². The number of nitrogens with zero attached hydrogens (tertiary/aromatic N) is 1. The molecule has 0 aliphatic carbocycles. The molecule has 148 valence electrons. The molecule has 0 aliphatic rings. The molecule has 2 N–H and O–H groups in total. The summed E-state index contributed by atoms with van der Waals surface area (Å²) >= 11 is 0. The second-order valence-corrected chi connectivity index (χ2v) is 9.54. The van der Waals surface area contributed by atoms with Gasteiger partial charge < -0.3 is 10.6 Å². The molecule has 1 heterocycles. The van der Waals surface area contributed by atoms with E-state index in [1.807, 2.05) is 0 Å². The van der Waals surface area contributed by atoms with E-state index >= 15 is 0 Å². The molecular weight excluding hydrogens is 342 g/mol. The fourth-order valence-electron chi connectivity index (χ4n) is 3.20. The molecule has 3 nitrogen and oxygen atoms in total. The zero-order chi connectivity index (χ0) is 20.4. The van der Waals surface area contributed by atoms with Gasteiger partial charge in [0.05, 0.1) is 11.4 Å². The molecule has 2 aromatic carbocycles. The molecule has 3 heteroatoms. The quantitative estimate of drug-likeness (QED) is 0.602. The normalized spacial score (nSPS) is 12.5. The Morgan fingerprint density at radius 2 is 1.39 bits per heavy atom. The topological polar surface area (TPSA) is 37.0 Å². The first-order chi connectivity index (χ1) is 13.1. The first-order valence-electron chi connectivity index (χ1n) is 10.1. The van der Waals surface area contributed by atoms with Crippen LogP contribution in [0.1, 0.15) is 52.8 Å². The molecule has 0 saturated heterocycles. The number of hydrogen-bond donors (Lipinski definition) is 2. The summed E-state index contributed by atoms with van der Waals surface area (Å²) in [6.45, 7) is 14.7. The number of benzene rings is 2. The second kappa shape index (κ2) is 8.02. The Balaban J connectivity index is 2.05. The summed E-state index contributed by atoms with van der Waals surface area (Å²) in [7, 11) is 0. The Labute approximate surface area is 169 Å². The molecule has 28 heavy (non-hydrogen) atoms. The lowest BCUT2D eigenvalue weighted by Gasteiger charge is -2.23. The van der Waals surface area contributed by atoms with E-state index in [2.05, 4.69) is 107 Å². The van der Waals surface area contributed by atoms with Gasteiger partial charge in [-0.3, -0.25) is 4.98 Å². The van der Waals surface area contributed by atoms with Gasteiger partial charge in [0.15, 0.2) is 0 Å². The van der Waals surface area contributed by atoms with E-state index in [-0.39, 0.29) is 11.1 Å². The standard InChI is InChI=1S/C25H33N3/c1-24(2,3)26-16-19-15-14-18-10-7-8-12-21(18)23(19)22-13-9-11-20(28-22)17-27-25(4,5)6/h7-15,26-27H,16-17H2,1-6H3. The maximum atomic E-state index is 5.01. The monoisotopic (exact) mass is 375 g/mol. The van der Waals surface area contributed by atoms with Crippen molar-refractivity contribution in [2.75, 3.05) is 0 Å². The molecule has 0 spiro atoms. The predicted molar refractivity (Wildman–Crippen MR) is 120 cm³/mol. The van der Waals surface area contributed by atoms with Crippen molar-refractivity contribution in [3.8, 4) is 11.3 Å². The van der Waals surface area contributed by atoms with Gasteiger partial charge in [0.2, 0.25) is 0 Å². The Hall–Kier alpha value is -2.23. The van der Waals surface area contributed by atoms with Gasteiger partial charge in [-0.05, 0) is 70.0 Å².